The van der Waals surface area contributed by atoms with E-state index in [0.29, 0.717) is 21.5 Å². The second-order valence-electron chi connectivity index (χ2n) is 6.83. The molecule has 0 radical (unpaired) electrons. The van der Waals surface area contributed by atoms with Gasteiger partial charge in [-0.2, -0.15) is 0 Å². The van der Waals surface area contributed by atoms with Gasteiger partial charge in [0.15, 0.2) is 10.9 Å². The minimum Gasteiger partial charge on any atom is -0.497 e. The number of imidazole rings is 1. The molecular weight excluding hydrogens is 386 g/mol. The standard InChI is InChI=1S/C21H21N5O2S/c1-13-5-10-17-22-11-16(26(17)12-13)18(27)19-20(25(2)3)24-21(29-19)23-14-6-8-15(28-4)9-7-14/h5-12H,1-4H3,(H,23,24). The third kappa shape index (κ3) is 3.66. The molecule has 0 aliphatic rings. The maximum Gasteiger partial charge on any atom is 0.225 e. The molecule has 0 aliphatic carbocycles. The van der Waals surface area contributed by atoms with Crippen LogP contribution in [0.5, 0.6) is 5.75 Å². The van der Waals surface area contributed by atoms with E-state index in [1.165, 1.54) is 11.3 Å². The number of anilines is 3. The van der Waals surface area contributed by atoms with E-state index in [1.54, 1.807) is 13.3 Å². The number of rotatable bonds is 6. The summed E-state index contributed by atoms with van der Waals surface area (Å²) in [6, 6.07) is 11.4. The molecule has 3 heterocycles. The van der Waals surface area contributed by atoms with Crippen LogP contribution in [0.25, 0.3) is 5.65 Å². The first-order valence-corrected chi connectivity index (χ1v) is 9.85. The number of benzene rings is 1. The van der Waals surface area contributed by atoms with E-state index in [0.717, 1.165) is 22.6 Å². The number of thiazole rings is 1. The summed E-state index contributed by atoms with van der Waals surface area (Å²) in [5, 5.41) is 3.91. The zero-order valence-electron chi connectivity index (χ0n) is 16.6. The maximum absolute atomic E-state index is 13.3. The molecule has 0 bridgehead atoms. The Morgan fingerprint density at radius 1 is 1.17 bits per heavy atom. The Kier molecular flexibility index (Phi) is 4.94. The number of aryl methyl sites for hydroxylation is 1. The molecule has 0 saturated heterocycles. The van der Waals surface area contributed by atoms with Gasteiger partial charge in [0.2, 0.25) is 5.78 Å². The number of carbonyl (C=O) groups is 1. The average Bonchev–Trinajstić information content (AvgIpc) is 3.32. The normalized spacial score (nSPS) is 10.9. The summed E-state index contributed by atoms with van der Waals surface area (Å²) >= 11 is 1.33. The number of fused-ring (bicyclic) bond motifs is 1. The van der Waals surface area contributed by atoms with Crippen molar-refractivity contribution >= 4 is 39.4 Å². The Morgan fingerprint density at radius 3 is 2.62 bits per heavy atom. The zero-order valence-corrected chi connectivity index (χ0v) is 17.4. The van der Waals surface area contributed by atoms with E-state index in [2.05, 4.69) is 15.3 Å². The van der Waals surface area contributed by atoms with E-state index in [-0.39, 0.29) is 5.78 Å². The summed E-state index contributed by atoms with van der Waals surface area (Å²) in [4.78, 5) is 24.7. The number of hydrogen-bond acceptors (Lipinski definition) is 7. The lowest BCUT2D eigenvalue weighted by Crippen LogP contribution is -2.14. The van der Waals surface area contributed by atoms with Crippen molar-refractivity contribution < 1.29 is 9.53 Å². The van der Waals surface area contributed by atoms with Crippen LogP contribution in [0, 0.1) is 6.92 Å². The molecule has 8 heteroatoms. The second-order valence-corrected chi connectivity index (χ2v) is 7.83. The monoisotopic (exact) mass is 407 g/mol. The highest BCUT2D eigenvalue weighted by molar-refractivity contribution is 7.18. The molecule has 7 nitrogen and oxygen atoms in total. The number of ether oxygens (including phenoxy) is 1. The predicted octanol–water partition coefficient (Wildman–Crippen LogP) is 4.15. The zero-order chi connectivity index (χ0) is 20.5. The summed E-state index contributed by atoms with van der Waals surface area (Å²) in [6.07, 6.45) is 3.54. The van der Waals surface area contributed by atoms with Gasteiger partial charge in [0, 0.05) is 26.0 Å². The Bertz CT molecular complexity index is 1180. The summed E-state index contributed by atoms with van der Waals surface area (Å²) in [7, 11) is 5.38. The fourth-order valence-electron chi connectivity index (χ4n) is 2.99. The van der Waals surface area contributed by atoms with Gasteiger partial charge in [-0.1, -0.05) is 17.4 Å². The van der Waals surface area contributed by atoms with Gasteiger partial charge in [-0.05, 0) is 42.8 Å². The summed E-state index contributed by atoms with van der Waals surface area (Å²) < 4.78 is 7.02. The lowest BCUT2D eigenvalue weighted by Gasteiger charge is -2.10. The first-order chi connectivity index (χ1) is 14.0. The number of nitrogens with zero attached hydrogens (tertiary/aromatic N) is 4. The van der Waals surface area contributed by atoms with E-state index in [1.807, 2.05) is 72.9 Å². The van der Waals surface area contributed by atoms with Crippen LogP contribution >= 0.6 is 11.3 Å². The van der Waals surface area contributed by atoms with Crippen molar-refractivity contribution in [2.45, 2.75) is 6.92 Å². The Morgan fingerprint density at radius 2 is 1.93 bits per heavy atom. The SMILES string of the molecule is COc1ccc(Nc2nc(N(C)C)c(C(=O)c3cnc4ccc(C)cn34)s2)cc1. The third-order valence-corrected chi connectivity index (χ3v) is 5.43. The summed E-state index contributed by atoms with van der Waals surface area (Å²) in [5.74, 6) is 1.30. The second kappa shape index (κ2) is 7.56. The van der Waals surface area contributed by atoms with Gasteiger partial charge < -0.3 is 15.0 Å². The maximum atomic E-state index is 13.3. The van der Waals surface area contributed by atoms with Crippen LogP contribution in [0.4, 0.5) is 16.6 Å². The highest BCUT2D eigenvalue weighted by Gasteiger charge is 2.24. The van der Waals surface area contributed by atoms with Crippen molar-refractivity contribution in [2.75, 3.05) is 31.4 Å². The quantitative estimate of drug-likeness (QED) is 0.484. The number of carbonyl (C=O) groups excluding carboxylic acids is 1. The molecule has 4 rings (SSSR count). The van der Waals surface area contributed by atoms with Crippen LogP contribution in [0.2, 0.25) is 0 Å². The number of ketones is 1. The smallest absolute Gasteiger partial charge is 0.225 e. The van der Waals surface area contributed by atoms with Crippen LogP contribution in [0.15, 0.2) is 48.8 Å². The highest BCUT2D eigenvalue weighted by Crippen LogP contribution is 2.33. The van der Waals surface area contributed by atoms with E-state index >= 15 is 0 Å². The van der Waals surface area contributed by atoms with Gasteiger partial charge in [0.05, 0.1) is 13.3 Å². The van der Waals surface area contributed by atoms with Gasteiger partial charge in [0.25, 0.3) is 0 Å². The lowest BCUT2D eigenvalue weighted by molar-refractivity contribution is 0.103. The van der Waals surface area contributed by atoms with E-state index < -0.39 is 0 Å². The van der Waals surface area contributed by atoms with Gasteiger partial charge in [-0.3, -0.25) is 9.20 Å². The number of pyridine rings is 1. The van der Waals surface area contributed by atoms with Crippen molar-refractivity contribution in [1.82, 2.24) is 14.4 Å². The molecule has 0 unspecified atom stereocenters. The lowest BCUT2D eigenvalue weighted by atomic mass is 10.2. The molecule has 1 aromatic carbocycles. The Labute approximate surface area is 172 Å². The molecule has 0 atom stereocenters. The van der Waals surface area contributed by atoms with Gasteiger partial charge in [0.1, 0.15) is 22.0 Å². The number of methoxy groups -OCH3 is 1. The topological polar surface area (TPSA) is 71.8 Å². The average molecular weight is 407 g/mol. The third-order valence-electron chi connectivity index (χ3n) is 4.47. The van der Waals surface area contributed by atoms with Crippen LogP contribution in [-0.2, 0) is 0 Å². The van der Waals surface area contributed by atoms with E-state index in [9.17, 15) is 4.79 Å². The fourth-order valence-corrected chi connectivity index (χ4v) is 4.00. The van der Waals surface area contributed by atoms with Crippen LogP contribution in [-0.4, -0.2) is 41.4 Å². The molecule has 0 aliphatic heterocycles. The molecule has 148 valence electrons. The molecule has 1 N–H and O–H groups in total. The fraction of sp³-hybridized carbons (Fsp3) is 0.190. The van der Waals surface area contributed by atoms with Crippen molar-refractivity contribution in [1.29, 1.82) is 0 Å². The number of hydrogen-bond donors (Lipinski definition) is 1. The van der Waals surface area contributed by atoms with Crippen molar-refractivity contribution in [3.8, 4) is 5.75 Å². The van der Waals surface area contributed by atoms with Crippen LogP contribution < -0.4 is 15.0 Å². The minimum absolute atomic E-state index is 0.105. The molecule has 3 aromatic heterocycles. The number of aromatic nitrogens is 3. The number of nitrogens with one attached hydrogen (secondary N) is 1. The first-order valence-electron chi connectivity index (χ1n) is 9.04. The largest absolute Gasteiger partial charge is 0.497 e. The molecule has 0 amide bonds. The molecule has 4 aromatic rings. The Hall–Kier alpha value is -3.39. The molecule has 0 saturated carbocycles. The molecule has 29 heavy (non-hydrogen) atoms. The van der Waals surface area contributed by atoms with Gasteiger partial charge >= 0.3 is 0 Å². The predicted molar refractivity (Wildman–Crippen MR) is 116 cm³/mol. The molecule has 0 fully saturated rings. The van der Waals surface area contributed by atoms with Crippen molar-refractivity contribution in [3.63, 3.8) is 0 Å². The summed E-state index contributed by atoms with van der Waals surface area (Å²) in [5.41, 5.74) is 3.19. The summed E-state index contributed by atoms with van der Waals surface area (Å²) in [6.45, 7) is 1.99. The van der Waals surface area contributed by atoms with Crippen LogP contribution in [0.1, 0.15) is 20.9 Å². The van der Waals surface area contributed by atoms with Crippen molar-refractivity contribution in [3.05, 3.63) is 64.9 Å². The van der Waals surface area contributed by atoms with Crippen LogP contribution in [0.3, 0.4) is 0 Å². The Balaban J connectivity index is 1.70. The minimum atomic E-state index is -0.105. The van der Waals surface area contributed by atoms with E-state index in [4.69, 9.17) is 4.74 Å². The molecular formula is C21H21N5O2S. The first kappa shape index (κ1) is 18.9. The highest BCUT2D eigenvalue weighted by atomic mass is 32.1. The van der Waals surface area contributed by atoms with Gasteiger partial charge in [-0.25, -0.2) is 9.97 Å². The van der Waals surface area contributed by atoms with Gasteiger partial charge in [-0.15, -0.1) is 0 Å². The molecule has 0 spiro atoms. The van der Waals surface area contributed by atoms with Crippen molar-refractivity contribution in [2.24, 2.45) is 0 Å².